The molecule has 1 atom stereocenters. The molecule has 0 amide bonds. The molecule has 1 rings (SSSR count). The zero-order valence-electron chi connectivity index (χ0n) is 23.8. The van der Waals surface area contributed by atoms with Crippen LogP contribution in [0.4, 0.5) is 0 Å². The van der Waals surface area contributed by atoms with E-state index in [0.29, 0.717) is 30.9 Å². The number of unbranched alkanes of at least 4 members (excludes halogenated alkanes) is 1. The summed E-state index contributed by atoms with van der Waals surface area (Å²) in [6.07, 6.45) is 3.45. The zero-order chi connectivity index (χ0) is 27.8. The molecule has 0 bridgehead atoms. The molecule has 1 unspecified atom stereocenters. The van der Waals surface area contributed by atoms with Crippen molar-refractivity contribution in [3.05, 3.63) is 29.3 Å². The van der Waals surface area contributed by atoms with Crippen molar-refractivity contribution in [2.45, 2.75) is 98.6 Å². The molecule has 8 nitrogen and oxygen atoms in total. The Bertz CT molecular complexity index is 800. The molecular formula is C25H50O8P2Si. The second-order valence-corrected chi connectivity index (χ2v) is 17.6. The van der Waals surface area contributed by atoms with E-state index in [-0.39, 0.29) is 31.0 Å². The van der Waals surface area contributed by atoms with Crippen LogP contribution in [0.1, 0.15) is 78.9 Å². The summed E-state index contributed by atoms with van der Waals surface area (Å²) in [5, 5.41) is 0.143. The monoisotopic (exact) mass is 568 g/mol. The fourth-order valence-electron chi connectivity index (χ4n) is 2.62. The molecule has 0 fully saturated rings. The van der Waals surface area contributed by atoms with Crippen molar-refractivity contribution in [3.8, 4) is 5.75 Å². The molecule has 1 aromatic rings. The lowest BCUT2D eigenvalue weighted by atomic mass is 10.1. The summed E-state index contributed by atoms with van der Waals surface area (Å²) in [7, 11) is -8.15. The standard InChI is InChI=1S/C21H40O8P2Si.C4H10/c1-8-27-31(24,28-9-2)17-18-11-12-19(16-26-30(22)23)20(15-18)25-13-10-14-29-32(6,7)21(3,4)5;1-3-4-2/h11-12,15,30H,8-10,13-14,16-17H2,1-7H3,(H,22,23);3-4H2,1-2H3. The van der Waals surface area contributed by atoms with E-state index in [0.717, 1.165) is 5.56 Å². The average Bonchev–Trinajstić information content (AvgIpc) is 2.77. The lowest BCUT2D eigenvalue weighted by Gasteiger charge is -2.36. The van der Waals surface area contributed by atoms with E-state index < -0.39 is 24.2 Å². The average molecular weight is 569 g/mol. The van der Waals surface area contributed by atoms with Crippen molar-refractivity contribution >= 4 is 24.2 Å². The Morgan fingerprint density at radius 1 is 1.00 bits per heavy atom. The molecule has 0 saturated carbocycles. The Morgan fingerprint density at radius 2 is 1.58 bits per heavy atom. The summed E-state index contributed by atoms with van der Waals surface area (Å²) >= 11 is 0. The van der Waals surface area contributed by atoms with Crippen molar-refractivity contribution in [3.63, 3.8) is 0 Å². The molecule has 0 spiro atoms. The molecule has 0 aliphatic heterocycles. The van der Waals surface area contributed by atoms with Gasteiger partial charge < -0.3 is 27.6 Å². The van der Waals surface area contributed by atoms with E-state index in [2.05, 4.69) is 47.7 Å². The second-order valence-electron chi connectivity index (χ2n) is 9.91. The van der Waals surface area contributed by atoms with E-state index in [1.807, 2.05) is 0 Å². The van der Waals surface area contributed by atoms with Gasteiger partial charge in [-0.25, -0.2) is 0 Å². The predicted molar refractivity (Wildman–Crippen MR) is 151 cm³/mol. The molecule has 212 valence electrons. The normalized spacial score (nSPS) is 13.2. The summed E-state index contributed by atoms with van der Waals surface area (Å²) in [4.78, 5) is 9.02. The predicted octanol–water partition coefficient (Wildman–Crippen LogP) is 7.95. The summed E-state index contributed by atoms with van der Waals surface area (Å²) in [5.41, 5.74) is 1.36. The fourth-order valence-corrected chi connectivity index (χ4v) is 5.68. The first-order valence-electron chi connectivity index (χ1n) is 12.9. The van der Waals surface area contributed by atoms with Crippen LogP contribution in [0.25, 0.3) is 0 Å². The third-order valence-electron chi connectivity index (χ3n) is 5.83. The fraction of sp³-hybridized carbons (Fsp3) is 0.760. The molecular weight excluding hydrogens is 518 g/mol. The van der Waals surface area contributed by atoms with Gasteiger partial charge in [0, 0.05) is 18.6 Å². The molecule has 11 heteroatoms. The van der Waals surface area contributed by atoms with E-state index in [9.17, 15) is 9.13 Å². The third kappa shape index (κ3) is 14.4. The maximum atomic E-state index is 12.9. The summed E-state index contributed by atoms with van der Waals surface area (Å²) < 4.78 is 51.7. The highest BCUT2D eigenvalue weighted by atomic mass is 31.2. The SMILES string of the molecule is CCCC.CCOP(=O)(Cc1ccc(CO[PH](=O)O)c(OCCCO[Si](C)(C)C(C)(C)C)c1)OCC. The Balaban J connectivity index is 0.00000283. The summed E-state index contributed by atoms with van der Waals surface area (Å²) in [6.45, 7) is 20.4. The molecule has 0 aromatic heterocycles. The van der Waals surface area contributed by atoms with Crippen LogP contribution in [0.3, 0.4) is 0 Å². The zero-order valence-corrected chi connectivity index (χ0v) is 26.7. The van der Waals surface area contributed by atoms with E-state index in [1.165, 1.54) is 12.8 Å². The van der Waals surface area contributed by atoms with Crippen molar-refractivity contribution in [1.29, 1.82) is 0 Å². The van der Waals surface area contributed by atoms with Crippen LogP contribution in [-0.2, 0) is 39.9 Å². The maximum absolute atomic E-state index is 12.9. The molecule has 1 aromatic carbocycles. The Hall–Kier alpha value is -0.503. The van der Waals surface area contributed by atoms with Gasteiger partial charge in [-0.1, -0.05) is 59.6 Å². The topological polar surface area (TPSA) is 101 Å². The largest absolute Gasteiger partial charge is 0.493 e. The first-order valence-corrected chi connectivity index (χ1v) is 18.8. The van der Waals surface area contributed by atoms with Crippen LogP contribution >= 0.6 is 15.9 Å². The lowest BCUT2D eigenvalue weighted by Crippen LogP contribution is -2.41. The van der Waals surface area contributed by atoms with E-state index in [1.54, 1.807) is 32.0 Å². The maximum Gasteiger partial charge on any atom is 0.335 e. The van der Waals surface area contributed by atoms with Crippen LogP contribution in [0.5, 0.6) is 5.75 Å². The summed E-state index contributed by atoms with van der Waals surface area (Å²) in [6, 6.07) is 5.27. The highest BCUT2D eigenvalue weighted by Crippen LogP contribution is 2.51. The molecule has 0 heterocycles. The van der Waals surface area contributed by atoms with Crippen molar-refractivity contribution < 1.29 is 36.8 Å². The lowest BCUT2D eigenvalue weighted by molar-refractivity contribution is 0.219. The van der Waals surface area contributed by atoms with Gasteiger partial charge >= 0.3 is 15.9 Å². The van der Waals surface area contributed by atoms with Crippen LogP contribution in [0, 0.1) is 0 Å². The van der Waals surface area contributed by atoms with Gasteiger partial charge in [-0.05, 0) is 43.6 Å². The van der Waals surface area contributed by atoms with Gasteiger partial charge in [0.1, 0.15) is 5.75 Å². The van der Waals surface area contributed by atoms with Crippen molar-refractivity contribution in [2.75, 3.05) is 26.4 Å². The summed E-state index contributed by atoms with van der Waals surface area (Å²) in [5.74, 6) is 0.512. The second kappa shape index (κ2) is 17.9. The molecule has 0 aliphatic rings. The minimum absolute atomic E-state index is 0.0566. The van der Waals surface area contributed by atoms with Crippen LogP contribution in [0.2, 0.25) is 18.1 Å². The van der Waals surface area contributed by atoms with Crippen LogP contribution in [-0.4, -0.2) is 39.6 Å². The van der Waals surface area contributed by atoms with Crippen molar-refractivity contribution in [2.24, 2.45) is 0 Å². The molecule has 0 aliphatic carbocycles. The molecule has 1 N–H and O–H groups in total. The van der Waals surface area contributed by atoms with Gasteiger partial charge in [-0.2, -0.15) is 0 Å². The van der Waals surface area contributed by atoms with Gasteiger partial charge in [-0.3, -0.25) is 9.13 Å². The van der Waals surface area contributed by atoms with E-state index >= 15 is 0 Å². The molecule has 0 radical (unpaired) electrons. The van der Waals surface area contributed by atoms with Gasteiger partial charge in [0.2, 0.25) is 0 Å². The Morgan fingerprint density at radius 3 is 2.06 bits per heavy atom. The third-order valence-corrected chi connectivity index (χ3v) is 12.8. The van der Waals surface area contributed by atoms with Gasteiger partial charge in [0.05, 0.1) is 32.6 Å². The van der Waals surface area contributed by atoms with E-state index in [4.69, 9.17) is 27.6 Å². The molecule has 0 saturated heterocycles. The van der Waals surface area contributed by atoms with Gasteiger partial charge in [-0.15, -0.1) is 0 Å². The number of benzene rings is 1. The number of ether oxygens (including phenoxy) is 1. The highest BCUT2D eigenvalue weighted by Gasteiger charge is 2.36. The Labute approximate surface area is 221 Å². The minimum atomic E-state index is -3.27. The quantitative estimate of drug-likeness (QED) is 0.122. The first-order chi connectivity index (χ1) is 16.7. The van der Waals surface area contributed by atoms with Gasteiger partial charge in [0.15, 0.2) is 8.32 Å². The minimum Gasteiger partial charge on any atom is -0.493 e. The number of hydrogen-bond donors (Lipinski definition) is 1. The first kappa shape index (κ1) is 35.5. The smallest absolute Gasteiger partial charge is 0.335 e. The Kier molecular flexibility index (Phi) is 17.7. The van der Waals surface area contributed by atoms with Gasteiger partial charge in [0.25, 0.3) is 0 Å². The number of hydrogen-bond acceptors (Lipinski definition) is 7. The van der Waals surface area contributed by atoms with Crippen molar-refractivity contribution in [1.82, 2.24) is 0 Å². The highest BCUT2D eigenvalue weighted by molar-refractivity contribution is 7.53. The molecule has 36 heavy (non-hydrogen) atoms. The number of rotatable bonds is 16. The van der Waals surface area contributed by atoms with Crippen LogP contribution in [0.15, 0.2) is 18.2 Å². The van der Waals surface area contributed by atoms with Crippen LogP contribution < -0.4 is 4.74 Å².